The summed E-state index contributed by atoms with van der Waals surface area (Å²) in [5.74, 6) is -3.50. The number of carbonyl (C=O) groups is 6. The molecule has 36 heavy (non-hydrogen) atoms. The summed E-state index contributed by atoms with van der Waals surface area (Å²) in [5.41, 5.74) is -0.00806. The number of fused-ring (bicyclic) bond motifs is 1. The Labute approximate surface area is 207 Å². The standard InChI is InChI=1S/C24H30N4O8/c1-24(2,3)36-23(35)26-15(22(33)34)8-4-5-12-25-14-9-6-7-13-18(14)21(32)28(20(13)31)16-10-11-17(29)27-19(16)30/h6-7,9,15-16,25H,4-5,8,10-12H2,1-3H3,(H,26,35)(H,33,34)(H,27,29,30)/t15-,16?/m1/s1. The summed E-state index contributed by atoms with van der Waals surface area (Å²) in [6.07, 6.45) is 0.434. The number of hydrogen-bond donors (Lipinski definition) is 4. The summed E-state index contributed by atoms with van der Waals surface area (Å²) in [5, 5.41) is 17.0. The molecule has 5 amide bonds. The van der Waals surface area contributed by atoms with Gasteiger partial charge in [-0.25, -0.2) is 9.59 Å². The first-order valence-corrected chi connectivity index (χ1v) is 11.7. The Kier molecular flexibility index (Phi) is 7.96. The lowest BCUT2D eigenvalue weighted by Gasteiger charge is -2.27. The minimum Gasteiger partial charge on any atom is -0.480 e. The van der Waals surface area contributed by atoms with Gasteiger partial charge in [-0.3, -0.25) is 29.4 Å². The Morgan fingerprint density at radius 2 is 1.89 bits per heavy atom. The fraction of sp³-hybridized carbons (Fsp3) is 0.500. The van der Waals surface area contributed by atoms with E-state index in [1.54, 1.807) is 32.9 Å². The minimum atomic E-state index is -1.17. The van der Waals surface area contributed by atoms with Gasteiger partial charge in [0.2, 0.25) is 11.8 Å². The molecule has 1 unspecified atom stereocenters. The number of carbonyl (C=O) groups excluding carboxylic acids is 5. The summed E-state index contributed by atoms with van der Waals surface area (Å²) in [6.45, 7) is 5.40. The number of hydrogen-bond acceptors (Lipinski definition) is 8. The van der Waals surface area contributed by atoms with Gasteiger partial charge in [0, 0.05) is 18.7 Å². The van der Waals surface area contributed by atoms with Gasteiger partial charge in [0.1, 0.15) is 17.7 Å². The average Bonchev–Trinajstić information content (AvgIpc) is 3.02. The van der Waals surface area contributed by atoms with Gasteiger partial charge < -0.3 is 20.5 Å². The fourth-order valence-electron chi connectivity index (χ4n) is 4.07. The van der Waals surface area contributed by atoms with Gasteiger partial charge in [0.05, 0.1) is 11.1 Å². The number of nitrogens with zero attached hydrogens (tertiary/aromatic N) is 1. The zero-order valence-corrected chi connectivity index (χ0v) is 20.4. The Bertz CT molecular complexity index is 1090. The molecule has 2 aliphatic rings. The van der Waals surface area contributed by atoms with Crippen molar-refractivity contribution in [2.24, 2.45) is 0 Å². The topological polar surface area (TPSA) is 171 Å². The number of benzene rings is 1. The molecule has 2 aliphatic heterocycles. The molecule has 0 radical (unpaired) electrons. The van der Waals surface area contributed by atoms with E-state index in [4.69, 9.17) is 4.74 Å². The van der Waals surface area contributed by atoms with Crippen LogP contribution in [0.4, 0.5) is 10.5 Å². The molecule has 1 aromatic rings. The van der Waals surface area contributed by atoms with Crippen LogP contribution in [0.2, 0.25) is 0 Å². The lowest BCUT2D eigenvalue weighted by atomic mass is 10.0. The van der Waals surface area contributed by atoms with Crippen LogP contribution in [-0.2, 0) is 19.1 Å². The third-order valence-electron chi connectivity index (χ3n) is 5.69. The quantitative estimate of drug-likeness (QED) is 0.289. The highest BCUT2D eigenvalue weighted by atomic mass is 16.6. The largest absolute Gasteiger partial charge is 0.480 e. The lowest BCUT2D eigenvalue weighted by Crippen LogP contribution is -2.54. The molecule has 0 saturated carbocycles. The highest BCUT2D eigenvalue weighted by Crippen LogP contribution is 2.32. The van der Waals surface area contributed by atoms with E-state index in [1.165, 1.54) is 6.07 Å². The smallest absolute Gasteiger partial charge is 0.408 e. The zero-order valence-electron chi connectivity index (χ0n) is 20.4. The van der Waals surface area contributed by atoms with Crippen molar-refractivity contribution in [1.82, 2.24) is 15.5 Å². The van der Waals surface area contributed by atoms with Gasteiger partial charge >= 0.3 is 12.1 Å². The summed E-state index contributed by atoms with van der Waals surface area (Å²) in [6, 6.07) is 2.61. The van der Waals surface area contributed by atoms with Gasteiger partial charge in [-0.1, -0.05) is 6.07 Å². The first kappa shape index (κ1) is 26.6. The molecule has 1 fully saturated rings. The number of aliphatic carboxylic acids is 1. The van der Waals surface area contributed by atoms with E-state index in [0.29, 0.717) is 25.1 Å². The van der Waals surface area contributed by atoms with Crippen LogP contribution in [0.5, 0.6) is 0 Å². The minimum absolute atomic E-state index is 0.0367. The van der Waals surface area contributed by atoms with Crippen molar-refractivity contribution >= 4 is 41.4 Å². The summed E-state index contributed by atoms with van der Waals surface area (Å²) < 4.78 is 5.10. The van der Waals surface area contributed by atoms with E-state index in [9.17, 15) is 33.9 Å². The fourth-order valence-corrected chi connectivity index (χ4v) is 4.07. The highest BCUT2D eigenvalue weighted by Gasteiger charge is 2.45. The van der Waals surface area contributed by atoms with E-state index in [2.05, 4.69) is 16.0 Å². The highest BCUT2D eigenvalue weighted by molar-refractivity contribution is 6.25. The first-order chi connectivity index (χ1) is 16.9. The van der Waals surface area contributed by atoms with E-state index < -0.39 is 53.4 Å². The van der Waals surface area contributed by atoms with Crippen LogP contribution in [-0.4, -0.2) is 69.9 Å². The SMILES string of the molecule is CC(C)(C)OC(=O)N[C@H](CCCCNc1cccc2c1C(=O)N(C1CCC(=O)NC1=O)C2=O)C(=O)O. The summed E-state index contributed by atoms with van der Waals surface area (Å²) >= 11 is 0. The molecule has 12 nitrogen and oxygen atoms in total. The molecule has 12 heteroatoms. The number of alkyl carbamates (subject to hydrolysis) is 1. The number of unbranched alkanes of at least 4 members (excludes halogenated alkanes) is 1. The average molecular weight is 503 g/mol. The van der Waals surface area contributed by atoms with Gasteiger partial charge in [0.15, 0.2) is 0 Å². The Balaban J connectivity index is 1.57. The molecule has 1 saturated heterocycles. The predicted octanol–water partition coefficient (Wildman–Crippen LogP) is 1.65. The van der Waals surface area contributed by atoms with Crippen LogP contribution in [0.25, 0.3) is 0 Å². The zero-order chi connectivity index (χ0) is 26.6. The van der Waals surface area contributed by atoms with E-state index in [1.807, 2.05) is 0 Å². The number of rotatable bonds is 9. The maximum Gasteiger partial charge on any atom is 0.408 e. The Morgan fingerprint density at radius 3 is 2.53 bits per heavy atom. The number of amides is 5. The van der Waals surface area contributed by atoms with Crippen molar-refractivity contribution in [1.29, 1.82) is 0 Å². The first-order valence-electron chi connectivity index (χ1n) is 11.7. The number of imide groups is 2. The number of nitrogens with one attached hydrogen (secondary N) is 3. The van der Waals surface area contributed by atoms with Crippen LogP contribution < -0.4 is 16.0 Å². The van der Waals surface area contributed by atoms with E-state index in [-0.39, 0.29) is 30.4 Å². The second kappa shape index (κ2) is 10.8. The van der Waals surface area contributed by atoms with Crippen LogP contribution in [0, 0.1) is 0 Å². The van der Waals surface area contributed by atoms with Crippen molar-refractivity contribution in [2.45, 2.75) is 70.6 Å². The van der Waals surface area contributed by atoms with Gasteiger partial charge in [-0.15, -0.1) is 0 Å². The van der Waals surface area contributed by atoms with Gasteiger partial charge in [0.25, 0.3) is 11.8 Å². The molecule has 194 valence electrons. The summed E-state index contributed by atoms with van der Waals surface area (Å²) in [7, 11) is 0. The number of carboxylic acid groups (broad SMARTS) is 1. The Morgan fingerprint density at radius 1 is 1.17 bits per heavy atom. The maximum absolute atomic E-state index is 13.1. The third-order valence-corrected chi connectivity index (χ3v) is 5.69. The number of piperidine rings is 1. The van der Waals surface area contributed by atoms with Crippen LogP contribution in [0.15, 0.2) is 18.2 Å². The molecule has 4 N–H and O–H groups in total. The van der Waals surface area contributed by atoms with E-state index >= 15 is 0 Å². The molecule has 2 heterocycles. The predicted molar refractivity (Wildman–Crippen MR) is 126 cm³/mol. The van der Waals surface area contributed by atoms with Crippen molar-refractivity contribution in [3.63, 3.8) is 0 Å². The molecular weight excluding hydrogens is 472 g/mol. The molecule has 1 aromatic carbocycles. The van der Waals surface area contributed by atoms with Crippen molar-refractivity contribution in [2.75, 3.05) is 11.9 Å². The molecule has 3 rings (SSSR count). The van der Waals surface area contributed by atoms with Gasteiger partial charge in [-0.2, -0.15) is 0 Å². The summed E-state index contributed by atoms with van der Waals surface area (Å²) in [4.78, 5) is 73.9. The van der Waals surface area contributed by atoms with Crippen molar-refractivity contribution in [3.8, 4) is 0 Å². The molecular formula is C24H30N4O8. The van der Waals surface area contributed by atoms with Crippen molar-refractivity contribution < 1.29 is 38.6 Å². The Hall–Kier alpha value is -3.96. The van der Waals surface area contributed by atoms with Crippen LogP contribution >= 0.6 is 0 Å². The molecule has 0 bridgehead atoms. The molecule has 2 atom stereocenters. The molecule has 0 aliphatic carbocycles. The maximum atomic E-state index is 13.1. The third kappa shape index (κ3) is 6.18. The monoisotopic (exact) mass is 502 g/mol. The van der Waals surface area contributed by atoms with E-state index in [0.717, 1.165) is 4.90 Å². The normalized spacial score (nSPS) is 18.4. The van der Waals surface area contributed by atoms with Crippen LogP contribution in [0.1, 0.15) is 73.6 Å². The lowest BCUT2D eigenvalue weighted by molar-refractivity contribution is -0.140. The second-order valence-corrected chi connectivity index (χ2v) is 9.63. The number of carboxylic acids is 1. The second-order valence-electron chi connectivity index (χ2n) is 9.63. The van der Waals surface area contributed by atoms with Gasteiger partial charge in [-0.05, 0) is 58.6 Å². The number of ether oxygens (including phenoxy) is 1. The molecule has 0 spiro atoms. The molecule has 0 aromatic heterocycles. The van der Waals surface area contributed by atoms with Crippen molar-refractivity contribution in [3.05, 3.63) is 29.3 Å². The van der Waals surface area contributed by atoms with Crippen LogP contribution in [0.3, 0.4) is 0 Å². The number of anilines is 1.